The van der Waals surface area contributed by atoms with Gasteiger partial charge in [-0.3, -0.25) is 9.69 Å². The van der Waals surface area contributed by atoms with Crippen LogP contribution in [-0.2, 0) is 11.4 Å². The number of amides is 1. The molecular formula is C22H30ClN5O2. The fourth-order valence-electron chi connectivity index (χ4n) is 3.60. The fraction of sp³-hybridized carbons (Fsp3) is 0.500. The van der Waals surface area contributed by atoms with Crippen LogP contribution in [0.1, 0.15) is 42.1 Å². The lowest BCUT2D eigenvalue weighted by atomic mass is 10.0. The van der Waals surface area contributed by atoms with Crippen molar-refractivity contribution in [3.8, 4) is 5.75 Å². The number of nitrogens with two attached hydrogens (primary N) is 1. The molecule has 1 fully saturated rings. The van der Waals surface area contributed by atoms with E-state index in [2.05, 4.69) is 46.9 Å². The molecule has 0 spiro atoms. The summed E-state index contributed by atoms with van der Waals surface area (Å²) in [6, 6.07) is 6.34. The van der Waals surface area contributed by atoms with Gasteiger partial charge in [-0.05, 0) is 48.6 Å². The van der Waals surface area contributed by atoms with Crippen molar-refractivity contribution in [2.45, 2.75) is 40.2 Å². The minimum absolute atomic E-state index is 0.226. The van der Waals surface area contributed by atoms with E-state index in [1.165, 1.54) is 5.56 Å². The standard InChI is InChI=1S/C22H30ClN5O2/c1-14(2)17-6-5-15(3)19(11-17)30-13-18-16(4)25-22(23)26-21(18)28-9-7-27(8-10-28)12-20(24)29/h5-6,11,14H,7-10,12-13H2,1-4H3,(H2,24,29). The van der Waals surface area contributed by atoms with Gasteiger partial charge in [-0.2, -0.15) is 0 Å². The highest BCUT2D eigenvalue weighted by atomic mass is 35.5. The molecule has 0 aliphatic carbocycles. The SMILES string of the molecule is Cc1ccc(C(C)C)cc1OCc1c(C)nc(Cl)nc1N1CCN(CC(N)=O)CC1. The Morgan fingerprint density at radius 3 is 2.53 bits per heavy atom. The molecule has 0 bridgehead atoms. The molecule has 7 nitrogen and oxygen atoms in total. The lowest BCUT2D eigenvalue weighted by Crippen LogP contribution is -2.49. The van der Waals surface area contributed by atoms with Crippen LogP contribution in [0.5, 0.6) is 5.75 Å². The largest absolute Gasteiger partial charge is 0.488 e. The van der Waals surface area contributed by atoms with Crippen LogP contribution in [0.3, 0.4) is 0 Å². The molecule has 0 unspecified atom stereocenters. The monoisotopic (exact) mass is 431 g/mol. The second-order valence-electron chi connectivity index (χ2n) is 8.08. The summed E-state index contributed by atoms with van der Waals surface area (Å²) in [5.41, 5.74) is 9.39. The summed E-state index contributed by atoms with van der Waals surface area (Å²) < 4.78 is 6.22. The quantitative estimate of drug-likeness (QED) is 0.678. The van der Waals surface area contributed by atoms with Crippen LogP contribution < -0.4 is 15.4 Å². The van der Waals surface area contributed by atoms with Gasteiger partial charge in [0.05, 0.1) is 17.8 Å². The third kappa shape index (κ3) is 5.40. The molecule has 1 saturated heterocycles. The molecule has 0 atom stereocenters. The van der Waals surface area contributed by atoms with E-state index in [0.717, 1.165) is 54.6 Å². The van der Waals surface area contributed by atoms with Gasteiger partial charge in [0, 0.05) is 26.2 Å². The Balaban J connectivity index is 1.79. The number of hydrogen-bond donors (Lipinski definition) is 1. The summed E-state index contributed by atoms with van der Waals surface area (Å²) in [5.74, 6) is 1.79. The van der Waals surface area contributed by atoms with Gasteiger partial charge in [0.2, 0.25) is 11.2 Å². The molecule has 1 aromatic carbocycles. The molecule has 0 radical (unpaired) electrons. The van der Waals surface area contributed by atoms with Gasteiger partial charge >= 0.3 is 0 Å². The van der Waals surface area contributed by atoms with E-state index in [-0.39, 0.29) is 17.7 Å². The number of rotatable bonds is 7. The second-order valence-corrected chi connectivity index (χ2v) is 8.42. The average molecular weight is 432 g/mol. The minimum atomic E-state index is -0.308. The molecule has 0 saturated carbocycles. The predicted octanol–water partition coefficient (Wildman–Crippen LogP) is 3.06. The second kappa shape index (κ2) is 9.62. The summed E-state index contributed by atoms with van der Waals surface area (Å²) in [4.78, 5) is 24.3. The Bertz CT molecular complexity index is 911. The normalized spacial score (nSPS) is 14.9. The van der Waals surface area contributed by atoms with E-state index in [0.29, 0.717) is 12.5 Å². The lowest BCUT2D eigenvalue weighted by Gasteiger charge is -2.35. The molecule has 1 amide bonds. The molecule has 1 aliphatic heterocycles. The number of nitrogens with zero attached hydrogens (tertiary/aromatic N) is 4. The lowest BCUT2D eigenvalue weighted by molar-refractivity contribution is -0.119. The van der Waals surface area contributed by atoms with E-state index >= 15 is 0 Å². The Morgan fingerprint density at radius 1 is 1.20 bits per heavy atom. The number of aromatic nitrogens is 2. The first-order chi connectivity index (χ1) is 14.2. The van der Waals surface area contributed by atoms with Gasteiger partial charge in [0.1, 0.15) is 18.2 Å². The molecule has 8 heteroatoms. The van der Waals surface area contributed by atoms with Gasteiger partial charge in [0.25, 0.3) is 0 Å². The van der Waals surface area contributed by atoms with E-state index in [4.69, 9.17) is 22.1 Å². The number of carbonyl (C=O) groups excluding carboxylic acids is 1. The van der Waals surface area contributed by atoms with Crippen molar-refractivity contribution in [1.29, 1.82) is 0 Å². The van der Waals surface area contributed by atoms with Gasteiger partial charge in [-0.15, -0.1) is 0 Å². The highest BCUT2D eigenvalue weighted by molar-refractivity contribution is 6.28. The highest BCUT2D eigenvalue weighted by Gasteiger charge is 2.23. The third-order valence-electron chi connectivity index (χ3n) is 5.47. The van der Waals surface area contributed by atoms with Gasteiger partial charge < -0.3 is 15.4 Å². The maximum Gasteiger partial charge on any atom is 0.231 e. The fourth-order valence-corrected chi connectivity index (χ4v) is 3.80. The summed E-state index contributed by atoms with van der Waals surface area (Å²) in [7, 11) is 0. The number of hydrogen-bond acceptors (Lipinski definition) is 6. The molecule has 3 rings (SSSR count). The number of benzene rings is 1. The molecule has 30 heavy (non-hydrogen) atoms. The number of ether oxygens (including phenoxy) is 1. The van der Waals surface area contributed by atoms with Crippen LogP contribution in [-0.4, -0.2) is 53.5 Å². The van der Waals surface area contributed by atoms with Crippen molar-refractivity contribution in [1.82, 2.24) is 14.9 Å². The summed E-state index contributed by atoms with van der Waals surface area (Å²) in [6.45, 7) is 11.9. The number of halogens is 1. The zero-order valence-corrected chi connectivity index (χ0v) is 18.9. The molecule has 1 aromatic heterocycles. The van der Waals surface area contributed by atoms with E-state index in [1.54, 1.807) is 0 Å². The molecule has 2 heterocycles. The molecule has 2 aromatic rings. The summed E-state index contributed by atoms with van der Waals surface area (Å²) in [5, 5.41) is 0.226. The van der Waals surface area contributed by atoms with Crippen molar-refractivity contribution < 1.29 is 9.53 Å². The number of aryl methyl sites for hydroxylation is 2. The maximum absolute atomic E-state index is 11.2. The summed E-state index contributed by atoms with van der Waals surface area (Å²) >= 11 is 6.18. The first-order valence-corrected chi connectivity index (χ1v) is 10.6. The molecule has 162 valence electrons. The average Bonchev–Trinajstić information content (AvgIpc) is 2.68. The van der Waals surface area contributed by atoms with E-state index < -0.39 is 0 Å². The Kier molecular flexibility index (Phi) is 7.15. The Morgan fingerprint density at radius 2 is 1.90 bits per heavy atom. The van der Waals surface area contributed by atoms with Crippen molar-refractivity contribution in [2.75, 3.05) is 37.6 Å². The van der Waals surface area contributed by atoms with Crippen LogP contribution in [0.2, 0.25) is 5.28 Å². The van der Waals surface area contributed by atoms with Crippen molar-refractivity contribution in [3.05, 3.63) is 45.9 Å². The third-order valence-corrected chi connectivity index (χ3v) is 5.64. The van der Waals surface area contributed by atoms with Crippen molar-refractivity contribution in [2.24, 2.45) is 5.73 Å². The van der Waals surface area contributed by atoms with E-state index in [9.17, 15) is 4.79 Å². The Labute approximate surface area is 183 Å². The highest BCUT2D eigenvalue weighted by Crippen LogP contribution is 2.28. The van der Waals surface area contributed by atoms with Crippen LogP contribution in [0.25, 0.3) is 0 Å². The zero-order chi connectivity index (χ0) is 21.8. The number of piperazine rings is 1. The van der Waals surface area contributed by atoms with Crippen LogP contribution >= 0.6 is 11.6 Å². The maximum atomic E-state index is 11.2. The van der Waals surface area contributed by atoms with Gasteiger partial charge in [0.15, 0.2) is 0 Å². The van der Waals surface area contributed by atoms with Crippen molar-refractivity contribution >= 4 is 23.3 Å². The molecule has 2 N–H and O–H groups in total. The van der Waals surface area contributed by atoms with Crippen LogP contribution in [0.15, 0.2) is 18.2 Å². The number of primary amides is 1. The van der Waals surface area contributed by atoms with Crippen molar-refractivity contribution in [3.63, 3.8) is 0 Å². The zero-order valence-electron chi connectivity index (χ0n) is 18.1. The number of carbonyl (C=O) groups is 1. The first-order valence-electron chi connectivity index (χ1n) is 10.3. The molecule has 1 aliphatic rings. The van der Waals surface area contributed by atoms with Gasteiger partial charge in [-0.25, -0.2) is 9.97 Å². The topological polar surface area (TPSA) is 84.6 Å². The van der Waals surface area contributed by atoms with Crippen LogP contribution in [0, 0.1) is 13.8 Å². The first kappa shape index (κ1) is 22.3. The smallest absolute Gasteiger partial charge is 0.231 e. The number of anilines is 1. The predicted molar refractivity (Wildman–Crippen MR) is 119 cm³/mol. The Hall–Kier alpha value is -2.38. The van der Waals surface area contributed by atoms with Crippen LogP contribution in [0.4, 0.5) is 5.82 Å². The minimum Gasteiger partial charge on any atom is -0.488 e. The van der Waals surface area contributed by atoms with Gasteiger partial charge in [-0.1, -0.05) is 26.0 Å². The van der Waals surface area contributed by atoms with E-state index in [1.807, 2.05) is 18.7 Å². The summed E-state index contributed by atoms with van der Waals surface area (Å²) in [6.07, 6.45) is 0. The molecular weight excluding hydrogens is 402 g/mol.